The standard InChI is InChI=1S/C8H4ClNOS2/c9-7(11)4-1-2-5-6(3-4)13-8(12)10-5/h1-3H,(H,10,12). The molecule has 2 nitrogen and oxygen atoms in total. The number of nitrogens with one attached hydrogen (secondary N) is 1. The van der Waals surface area contributed by atoms with Crippen LogP contribution in [0, 0.1) is 3.95 Å². The van der Waals surface area contributed by atoms with Crippen molar-refractivity contribution in [3.8, 4) is 0 Å². The van der Waals surface area contributed by atoms with Crippen LogP contribution in [-0.2, 0) is 0 Å². The Morgan fingerprint density at radius 2 is 2.31 bits per heavy atom. The van der Waals surface area contributed by atoms with Crippen molar-refractivity contribution < 1.29 is 4.79 Å². The van der Waals surface area contributed by atoms with Crippen molar-refractivity contribution in [2.75, 3.05) is 0 Å². The van der Waals surface area contributed by atoms with Crippen molar-refractivity contribution in [2.24, 2.45) is 0 Å². The Kier molecular flexibility index (Phi) is 2.19. The maximum absolute atomic E-state index is 10.8. The highest BCUT2D eigenvalue weighted by atomic mass is 35.5. The zero-order valence-electron chi connectivity index (χ0n) is 6.33. The van der Waals surface area contributed by atoms with Gasteiger partial charge in [-0.2, -0.15) is 0 Å². The first-order valence-electron chi connectivity index (χ1n) is 3.49. The Morgan fingerprint density at radius 1 is 1.54 bits per heavy atom. The molecule has 2 aromatic rings. The van der Waals surface area contributed by atoms with E-state index in [1.165, 1.54) is 11.3 Å². The lowest BCUT2D eigenvalue weighted by atomic mass is 10.2. The quantitative estimate of drug-likeness (QED) is 0.601. The molecule has 0 spiro atoms. The third-order valence-electron chi connectivity index (χ3n) is 1.65. The maximum atomic E-state index is 10.8. The van der Waals surface area contributed by atoms with Gasteiger partial charge in [0.1, 0.15) is 0 Å². The van der Waals surface area contributed by atoms with Crippen LogP contribution in [0.1, 0.15) is 10.4 Å². The van der Waals surface area contributed by atoms with Gasteiger partial charge < -0.3 is 4.98 Å². The van der Waals surface area contributed by atoms with Crippen LogP contribution >= 0.6 is 35.2 Å². The monoisotopic (exact) mass is 229 g/mol. The van der Waals surface area contributed by atoms with Crippen LogP contribution in [0.4, 0.5) is 0 Å². The Hall–Kier alpha value is -0.710. The van der Waals surface area contributed by atoms with Gasteiger partial charge in [0.2, 0.25) is 0 Å². The molecular weight excluding hydrogens is 226 g/mol. The van der Waals surface area contributed by atoms with Crippen LogP contribution in [0.2, 0.25) is 0 Å². The van der Waals surface area contributed by atoms with Gasteiger partial charge >= 0.3 is 0 Å². The third-order valence-corrected chi connectivity index (χ3v) is 3.06. The molecule has 0 radical (unpaired) electrons. The molecule has 0 atom stereocenters. The van der Waals surface area contributed by atoms with Crippen molar-refractivity contribution >= 4 is 50.6 Å². The number of aromatic nitrogens is 1. The number of halogens is 1. The first-order chi connectivity index (χ1) is 6.16. The fourth-order valence-corrected chi connectivity index (χ4v) is 2.34. The molecule has 0 aliphatic rings. The lowest BCUT2D eigenvalue weighted by Crippen LogP contribution is -1.86. The smallest absolute Gasteiger partial charge is 0.252 e. The zero-order chi connectivity index (χ0) is 9.42. The third kappa shape index (κ3) is 1.65. The summed E-state index contributed by atoms with van der Waals surface area (Å²) in [6.07, 6.45) is 0. The average Bonchev–Trinajstić information content (AvgIpc) is 2.42. The number of carbonyl (C=O) groups is 1. The minimum absolute atomic E-state index is 0.443. The number of H-pyrrole nitrogens is 1. The van der Waals surface area contributed by atoms with E-state index in [4.69, 9.17) is 23.8 Å². The highest BCUT2D eigenvalue weighted by Gasteiger charge is 2.03. The molecule has 1 aromatic heterocycles. The number of hydrogen-bond acceptors (Lipinski definition) is 3. The van der Waals surface area contributed by atoms with Crippen LogP contribution in [0.15, 0.2) is 18.2 Å². The fourth-order valence-electron chi connectivity index (χ4n) is 1.07. The summed E-state index contributed by atoms with van der Waals surface area (Å²) in [5.74, 6) is 0. The van der Waals surface area contributed by atoms with E-state index < -0.39 is 5.24 Å². The van der Waals surface area contributed by atoms with E-state index in [1.807, 2.05) is 0 Å². The topological polar surface area (TPSA) is 32.9 Å². The molecule has 2 rings (SSSR count). The Balaban J connectivity index is 2.74. The zero-order valence-corrected chi connectivity index (χ0v) is 8.72. The van der Waals surface area contributed by atoms with Gasteiger partial charge in [-0.3, -0.25) is 4.79 Å². The van der Waals surface area contributed by atoms with Gasteiger partial charge in [0.15, 0.2) is 3.95 Å². The summed E-state index contributed by atoms with van der Waals surface area (Å²) >= 11 is 11.7. The second-order valence-electron chi connectivity index (χ2n) is 2.50. The van der Waals surface area contributed by atoms with Crippen LogP contribution in [0.25, 0.3) is 10.2 Å². The summed E-state index contributed by atoms with van der Waals surface area (Å²) < 4.78 is 1.66. The molecular formula is C8H4ClNOS2. The van der Waals surface area contributed by atoms with E-state index in [0.29, 0.717) is 9.52 Å². The molecule has 0 saturated carbocycles. The molecule has 5 heteroatoms. The Labute approximate surface area is 88.2 Å². The second-order valence-corrected chi connectivity index (χ2v) is 4.56. The van der Waals surface area contributed by atoms with Crippen molar-refractivity contribution in [3.05, 3.63) is 27.7 Å². The molecule has 1 N–H and O–H groups in total. The number of fused-ring (bicyclic) bond motifs is 1. The summed E-state index contributed by atoms with van der Waals surface area (Å²) in [5, 5.41) is -0.443. The van der Waals surface area contributed by atoms with Crippen LogP contribution < -0.4 is 0 Å². The van der Waals surface area contributed by atoms with E-state index in [0.717, 1.165) is 10.2 Å². The molecule has 0 aliphatic carbocycles. The van der Waals surface area contributed by atoms with Crippen molar-refractivity contribution in [1.29, 1.82) is 0 Å². The van der Waals surface area contributed by atoms with E-state index in [9.17, 15) is 4.79 Å². The normalized spacial score (nSPS) is 10.5. The minimum Gasteiger partial charge on any atom is -0.337 e. The first kappa shape index (κ1) is 8.87. The highest BCUT2D eigenvalue weighted by molar-refractivity contribution is 7.73. The van der Waals surface area contributed by atoms with Gasteiger partial charge in [-0.25, -0.2) is 0 Å². The maximum Gasteiger partial charge on any atom is 0.252 e. The molecule has 0 unspecified atom stereocenters. The summed E-state index contributed by atoms with van der Waals surface area (Å²) in [7, 11) is 0. The SMILES string of the molecule is O=C(Cl)c1ccc2[nH]c(=S)sc2c1. The second kappa shape index (κ2) is 3.21. The fraction of sp³-hybridized carbons (Fsp3) is 0. The van der Waals surface area contributed by atoms with Gasteiger partial charge in [-0.15, -0.1) is 11.3 Å². The summed E-state index contributed by atoms with van der Waals surface area (Å²) in [6.45, 7) is 0. The molecule has 0 bridgehead atoms. The molecule has 66 valence electrons. The summed E-state index contributed by atoms with van der Waals surface area (Å²) in [4.78, 5) is 13.8. The van der Waals surface area contributed by atoms with Crippen molar-refractivity contribution in [1.82, 2.24) is 4.98 Å². The highest BCUT2D eigenvalue weighted by Crippen LogP contribution is 2.21. The predicted molar refractivity (Wildman–Crippen MR) is 57.2 cm³/mol. The molecule has 0 aliphatic heterocycles. The van der Waals surface area contributed by atoms with Gasteiger partial charge in [-0.1, -0.05) is 0 Å². The van der Waals surface area contributed by atoms with Crippen molar-refractivity contribution in [3.63, 3.8) is 0 Å². The average molecular weight is 230 g/mol. The summed E-state index contributed by atoms with van der Waals surface area (Å²) in [5.41, 5.74) is 1.44. The molecule has 1 heterocycles. The number of benzene rings is 1. The largest absolute Gasteiger partial charge is 0.337 e. The Bertz CT molecular complexity index is 528. The van der Waals surface area contributed by atoms with E-state index in [-0.39, 0.29) is 0 Å². The molecule has 0 amide bonds. The predicted octanol–water partition coefficient (Wildman–Crippen LogP) is 3.34. The Morgan fingerprint density at radius 3 is 3.00 bits per heavy atom. The molecule has 0 saturated heterocycles. The number of thiazole rings is 1. The number of aromatic amines is 1. The molecule has 0 fully saturated rings. The first-order valence-corrected chi connectivity index (χ1v) is 5.10. The van der Waals surface area contributed by atoms with Gasteiger partial charge in [0.05, 0.1) is 10.2 Å². The minimum atomic E-state index is -0.443. The lowest BCUT2D eigenvalue weighted by Gasteiger charge is -1.92. The molecule has 1 aromatic carbocycles. The van der Waals surface area contributed by atoms with Crippen molar-refractivity contribution in [2.45, 2.75) is 0 Å². The molecule has 13 heavy (non-hydrogen) atoms. The van der Waals surface area contributed by atoms with Gasteiger partial charge in [0.25, 0.3) is 5.24 Å². The number of hydrogen-bond donors (Lipinski definition) is 1. The van der Waals surface area contributed by atoms with Gasteiger partial charge in [-0.05, 0) is 42.0 Å². The van der Waals surface area contributed by atoms with Crippen LogP contribution in [-0.4, -0.2) is 10.2 Å². The number of rotatable bonds is 1. The lowest BCUT2D eigenvalue weighted by molar-refractivity contribution is 0.108. The van der Waals surface area contributed by atoms with Crippen LogP contribution in [0.3, 0.4) is 0 Å². The number of carbonyl (C=O) groups excluding carboxylic acids is 1. The van der Waals surface area contributed by atoms with E-state index in [1.54, 1.807) is 18.2 Å². The summed E-state index contributed by atoms with van der Waals surface area (Å²) in [6, 6.07) is 5.22. The van der Waals surface area contributed by atoms with Gasteiger partial charge in [0, 0.05) is 5.56 Å². The van der Waals surface area contributed by atoms with Crippen LogP contribution in [0.5, 0.6) is 0 Å². The van der Waals surface area contributed by atoms with E-state index in [2.05, 4.69) is 4.98 Å². The van der Waals surface area contributed by atoms with E-state index >= 15 is 0 Å².